The normalized spacial score (nSPS) is 10.2. The highest BCUT2D eigenvalue weighted by Crippen LogP contribution is 2.22. The van der Waals surface area contributed by atoms with Gasteiger partial charge >= 0.3 is 0 Å². The molecule has 0 radical (unpaired) electrons. The summed E-state index contributed by atoms with van der Waals surface area (Å²) in [5, 5.41) is 2.58. The van der Waals surface area contributed by atoms with Gasteiger partial charge in [0.05, 0.1) is 15.2 Å². The number of carbonyl (C=O) groups is 1. The fraction of sp³-hybridized carbons (Fsp3) is 0. The number of rotatable bonds is 2. The average molecular weight is 330 g/mol. The van der Waals surface area contributed by atoms with Gasteiger partial charge in [-0.05, 0) is 40.2 Å². The Morgan fingerprint density at radius 1 is 1.39 bits per heavy atom. The predicted octanol–water partition coefficient (Wildman–Crippen LogP) is 3.89. The number of nitrogens with zero attached hydrogens (tertiary/aromatic N) is 1. The Labute approximate surface area is 116 Å². The molecule has 1 heterocycles. The number of carbonyl (C=O) groups excluding carboxylic acids is 1. The molecule has 2 rings (SSSR count). The number of halogens is 3. The molecular weight excluding hydrogens is 323 g/mol. The van der Waals surface area contributed by atoms with Crippen LogP contribution in [0.2, 0.25) is 5.02 Å². The van der Waals surface area contributed by atoms with Gasteiger partial charge in [0.15, 0.2) is 0 Å². The summed E-state index contributed by atoms with van der Waals surface area (Å²) in [5.74, 6) is -0.929. The third kappa shape index (κ3) is 2.86. The van der Waals surface area contributed by atoms with Gasteiger partial charge in [0.1, 0.15) is 5.82 Å². The molecular formula is C12H7BrClFN2O. The Morgan fingerprint density at radius 2 is 2.17 bits per heavy atom. The van der Waals surface area contributed by atoms with Crippen LogP contribution in [-0.4, -0.2) is 10.9 Å². The summed E-state index contributed by atoms with van der Waals surface area (Å²) in [4.78, 5) is 15.8. The molecule has 0 aliphatic carbocycles. The standard InChI is InChI=1S/C12H7BrClFN2O/c13-8-6-16-4-3-11(8)17-12(18)7-1-2-10(15)9(14)5-7/h1-6H,(H,16,17,18). The molecule has 0 saturated carbocycles. The molecule has 18 heavy (non-hydrogen) atoms. The van der Waals surface area contributed by atoms with Gasteiger partial charge < -0.3 is 5.32 Å². The van der Waals surface area contributed by atoms with Crippen molar-refractivity contribution in [3.05, 3.63) is 57.5 Å². The van der Waals surface area contributed by atoms with E-state index in [1.807, 2.05) is 0 Å². The lowest BCUT2D eigenvalue weighted by Crippen LogP contribution is -2.12. The maximum Gasteiger partial charge on any atom is 0.255 e. The van der Waals surface area contributed by atoms with Crippen molar-refractivity contribution < 1.29 is 9.18 Å². The van der Waals surface area contributed by atoms with Gasteiger partial charge in [0, 0.05) is 18.0 Å². The predicted molar refractivity (Wildman–Crippen MR) is 71.3 cm³/mol. The van der Waals surface area contributed by atoms with Crippen molar-refractivity contribution >= 4 is 39.1 Å². The second-order valence-electron chi connectivity index (χ2n) is 3.44. The average Bonchev–Trinajstić information content (AvgIpc) is 2.35. The van der Waals surface area contributed by atoms with Crippen LogP contribution in [0.25, 0.3) is 0 Å². The summed E-state index contributed by atoms with van der Waals surface area (Å²) < 4.78 is 13.6. The van der Waals surface area contributed by atoms with Crippen molar-refractivity contribution in [2.75, 3.05) is 5.32 Å². The molecule has 0 spiro atoms. The lowest BCUT2D eigenvalue weighted by molar-refractivity contribution is 0.102. The van der Waals surface area contributed by atoms with E-state index in [4.69, 9.17) is 11.6 Å². The Morgan fingerprint density at radius 3 is 2.83 bits per heavy atom. The van der Waals surface area contributed by atoms with Gasteiger partial charge in [-0.2, -0.15) is 0 Å². The van der Waals surface area contributed by atoms with Crippen LogP contribution in [0, 0.1) is 5.82 Å². The zero-order chi connectivity index (χ0) is 13.1. The maximum atomic E-state index is 13.0. The molecule has 0 bridgehead atoms. The van der Waals surface area contributed by atoms with Crippen LogP contribution in [0.3, 0.4) is 0 Å². The van der Waals surface area contributed by atoms with Gasteiger partial charge in [-0.3, -0.25) is 9.78 Å². The minimum Gasteiger partial charge on any atom is -0.321 e. The number of hydrogen-bond donors (Lipinski definition) is 1. The highest BCUT2D eigenvalue weighted by Gasteiger charge is 2.10. The molecule has 0 atom stereocenters. The molecule has 0 aliphatic rings. The number of benzene rings is 1. The van der Waals surface area contributed by atoms with E-state index in [9.17, 15) is 9.18 Å². The fourth-order valence-corrected chi connectivity index (χ4v) is 1.84. The first kappa shape index (κ1) is 13.0. The first-order chi connectivity index (χ1) is 8.58. The summed E-state index contributed by atoms with van der Waals surface area (Å²) in [6.45, 7) is 0. The summed E-state index contributed by atoms with van der Waals surface area (Å²) in [6.07, 6.45) is 3.12. The van der Waals surface area contributed by atoms with Crippen LogP contribution < -0.4 is 5.32 Å². The molecule has 0 fully saturated rings. The quantitative estimate of drug-likeness (QED) is 0.908. The first-order valence-electron chi connectivity index (χ1n) is 4.94. The van der Waals surface area contributed by atoms with Crippen molar-refractivity contribution in [3.8, 4) is 0 Å². The molecule has 1 amide bonds. The van der Waals surface area contributed by atoms with Gasteiger partial charge in [0.2, 0.25) is 0 Å². The van der Waals surface area contributed by atoms with Crippen molar-refractivity contribution in [1.29, 1.82) is 0 Å². The van der Waals surface area contributed by atoms with E-state index < -0.39 is 5.82 Å². The Kier molecular flexibility index (Phi) is 3.93. The number of hydrogen-bond acceptors (Lipinski definition) is 2. The number of pyridine rings is 1. The second-order valence-corrected chi connectivity index (χ2v) is 4.70. The zero-order valence-corrected chi connectivity index (χ0v) is 11.3. The van der Waals surface area contributed by atoms with E-state index in [0.29, 0.717) is 10.2 Å². The molecule has 0 unspecified atom stereocenters. The SMILES string of the molecule is O=C(Nc1ccncc1Br)c1ccc(F)c(Cl)c1. The van der Waals surface area contributed by atoms with Crippen LogP contribution in [0.1, 0.15) is 10.4 Å². The van der Waals surface area contributed by atoms with Crippen molar-refractivity contribution in [3.63, 3.8) is 0 Å². The summed E-state index contributed by atoms with van der Waals surface area (Å²) in [6, 6.07) is 5.44. The summed E-state index contributed by atoms with van der Waals surface area (Å²) >= 11 is 8.88. The Bertz CT molecular complexity index is 606. The largest absolute Gasteiger partial charge is 0.321 e. The maximum absolute atomic E-state index is 13.0. The van der Waals surface area contributed by atoms with Crippen LogP contribution in [-0.2, 0) is 0 Å². The Balaban J connectivity index is 2.22. The smallest absolute Gasteiger partial charge is 0.255 e. The number of amides is 1. The van der Waals surface area contributed by atoms with Crippen LogP contribution in [0.5, 0.6) is 0 Å². The van der Waals surface area contributed by atoms with E-state index in [1.165, 1.54) is 12.1 Å². The van der Waals surface area contributed by atoms with Crippen molar-refractivity contribution in [2.45, 2.75) is 0 Å². The number of anilines is 1. The molecule has 0 saturated heterocycles. The van der Waals surface area contributed by atoms with Crippen molar-refractivity contribution in [2.24, 2.45) is 0 Å². The minimum absolute atomic E-state index is 0.0866. The van der Waals surface area contributed by atoms with Gasteiger partial charge in [0.25, 0.3) is 5.91 Å². The minimum atomic E-state index is -0.557. The third-order valence-electron chi connectivity index (χ3n) is 2.20. The summed E-state index contributed by atoms with van der Waals surface area (Å²) in [7, 11) is 0. The first-order valence-corrected chi connectivity index (χ1v) is 6.11. The number of nitrogens with one attached hydrogen (secondary N) is 1. The topological polar surface area (TPSA) is 42.0 Å². The van der Waals surface area contributed by atoms with E-state index in [0.717, 1.165) is 6.07 Å². The van der Waals surface area contributed by atoms with E-state index in [-0.39, 0.29) is 16.5 Å². The second kappa shape index (κ2) is 5.46. The van der Waals surface area contributed by atoms with Crippen LogP contribution >= 0.6 is 27.5 Å². The van der Waals surface area contributed by atoms with E-state index in [2.05, 4.69) is 26.2 Å². The molecule has 1 aromatic carbocycles. The summed E-state index contributed by atoms with van der Waals surface area (Å²) in [5.41, 5.74) is 0.862. The molecule has 2 aromatic rings. The van der Waals surface area contributed by atoms with Gasteiger partial charge in [-0.15, -0.1) is 0 Å². The monoisotopic (exact) mass is 328 g/mol. The van der Waals surface area contributed by atoms with Crippen molar-refractivity contribution in [1.82, 2.24) is 4.98 Å². The third-order valence-corrected chi connectivity index (χ3v) is 3.12. The Hall–Kier alpha value is -1.46. The molecule has 92 valence electrons. The molecule has 1 aromatic heterocycles. The van der Waals surface area contributed by atoms with E-state index >= 15 is 0 Å². The fourth-order valence-electron chi connectivity index (χ4n) is 1.31. The molecule has 0 aliphatic heterocycles. The number of aromatic nitrogens is 1. The highest BCUT2D eigenvalue weighted by atomic mass is 79.9. The van der Waals surface area contributed by atoms with Crippen LogP contribution in [0.4, 0.5) is 10.1 Å². The van der Waals surface area contributed by atoms with Crippen LogP contribution in [0.15, 0.2) is 41.1 Å². The zero-order valence-electron chi connectivity index (χ0n) is 8.95. The lowest BCUT2D eigenvalue weighted by Gasteiger charge is -2.07. The molecule has 3 nitrogen and oxygen atoms in total. The molecule has 1 N–H and O–H groups in total. The van der Waals surface area contributed by atoms with Gasteiger partial charge in [-0.1, -0.05) is 11.6 Å². The lowest BCUT2D eigenvalue weighted by atomic mass is 10.2. The molecule has 6 heteroatoms. The van der Waals surface area contributed by atoms with E-state index in [1.54, 1.807) is 18.5 Å². The highest BCUT2D eigenvalue weighted by molar-refractivity contribution is 9.10. The van der Waals surface area contributed by atoms with Gasteiger partial charge in [-0.25, -0.2) is 4.39 Å².